The number of anilines is 2. The molecule has 5 rings (SSSR count). The van der Waals surface area contributed by atoms with Crippen LogP contribution in [0.2, 0.25) is 0 Å². The Kier molecular flexibility index (Phi) is 5.03. The Morgan fingerprint density at radius 3 is 2.75 bits per heavy atom. The minimum absolute atomic E-state index is 0.0187. The van der Waals surface area contributed by atoms with Gasteiger partial charge in [-0.15, -0.1) is 0 Å². The predicted molar refractivity (Wildman–Crippen MR) is 120 cm³/mol. The zero-order chi connectivity index (χ0) is 22.1. The molecule has 2 amide bonds. The Bertz CT molecular complexity index is 1330. The molecule has 1 fully saturated rings. The van der Waals surface area contributed by atoms with Gasteiger partial charge in [0.15, 0.2) is 5.82 Å². The molecule has 1 aliphatic carbocycles. The largest absolute Gasteiger partial charge is 0.456 e. The molecule has 2 N–H and O–H groups in total. The lowest BCUT2D eigenvalue weighted by molar-refractivity contribution is -0.117. The van der Waals surface area contributed by atoms with E-state index >= 15 is 0 Å². The molecule has 1 aromatic carbocycles. The summed E-state index contributed by atoms with van der Waals surface area (Å²) in [6.07, 6.45) is 8.64. The van der Waals surface area contributed by atoms with E-state index < -0.39 is 0 Å². The molecule has 1 aliphatic rings. The van der Waals surface area contributed by atoms with E-state index in [-0.39, 0.29) is 17.7 Å². The monoisotopic (exact) mass is 427 g/mol. The first-order chi connectivity index (χ1) is 15.5. The van der Waals surface area contributed by atoms with Gasteiger partial charge in [0.05, 0.1) is 18.0 Å². The van der Waals surface area contributed by atoms with Crippen molar-refractivity contribution in [1.29, 1.82) is 0 Å². The number of benzene rings is 1. The summed E-state index contributed by atoms with van der Waals surface area (Å²) in [6.45, 7) is 1.87. The Morgan fingerprint density at radius 2 is 1.94 bits per heavy atom. The Balaban J connectivity index is 1.30. The van der Waals surface area contributed by atoms with Gasteiger partial charge in [-0.05, 0) is 55.7 Å². The lowest BCUT2D eigenvalue weighted by atomic mass is 10.1. The second-order valence-corrected chi connectivity index (χ2v) is 7.79. The van der Waals surface area contributed by atoms with Crippen LogP contribution in [-0.2, 0) is 4.79 Å². The van der Waals surface area contributed by atoms with Crippen molar-refractivity contribution in [2.45, 2.75) is 19.8 Å². The van der Waals surface area contributed by atoms with Gasteiger partial charge in [0.2, 0.25) is 5.91 Å². The van der Waals surface area contributed by atoms with Gasteiger partial charge >= 0.3 is 0 Å². The number of pyridine rings is 2. The molecule has 0 aliphatic heterocycles. The molecule has 0 saturated heterocycles. The van der Waals surface area contributed by atoms with E-state index in [9.17, 15) is 9.59 Å². The van der Waals surface area contributed by atoms with Gasteiger partial charge in [-0.2, -0.15) is 0 Å². The molecule has 0 radical (unpaired) electrons. The zero-order valence-corrected chi connectivity index (χ0v) is 17.4. The summed E-state index contributed by atoms with van der Waals surface area (Å²) in [5, 5.41) is 5.73. The number of ether oxygens (including phenoxy) is 1. The number of aromatic nitrogens is 3. The van der Waals surface area contributed by atoms with Gasteiger partial charge < -0.3 is 19.8 Å². The van der Waals surface area contributed by atoms with Crippen molar-refractivity contribution < 1.29 is 14.3 Å². The third-order valence-electron chi connectivity index (χ3n) is 5.23. The topological polar surface area (TPSA) is 97.6 Å². The average molecular weight is 427 g/mol. The molecule has 32 heavy (non-hydrogen) atoms. The van der Waals surface area contributed by atoms with Crippen LogP contribution in [0.15, 0.2) is 67.3 Å². The third-order valence-corrected chi connectivity index (χ3v) is 5.23. The quantitative estimate of drug-likeness (QED) is 0.474. The van der Waals surface area contributed by atoms with Crippen LogP contribution < -0.4 is 15.4 Å². The van der Waals surface area contributed by atoms with Crippen LogP contribution in [-0.4, -0.2) is 26.2 Å². The van der Waals surface area contributed by atoms with Crippen LogP contribution in [0.4, 0.5) is 11.5 Å². The number of rotatable bonds is 6. The fraction of sp³-hybridized carbons (Fsp3) is 0.167. The number of carbonyl (C=O) groups excluding carboxylic acids is 2. The van der Waals surface area contributed by atoms with Crippen molar-refractivity contribution in [3.05, 3.63) is 78.4 Å². The summed E-state index contributed by atoms with van der Waals surface area (Å²) in [5.74, 6) is 1.61. The average Bonchev–Trinajstić information content (AvgIpc) is 3.55. The van der Waals surface area contributed by atoms with E-state index in [2.05, 4.69) is 20.6 Å². The van der Waals surface area contributed by atoms with Crippen molar-refractivity contribution in [2.75, 3.05) is 10.6 Å². The summed E-state index contributed by atoms with van der Waals surface area (Å²) in [7, 11) is 0. The molecule has 3 heterocycles. The zero-order valence-electron chi connectivity index (χ0n) is 17.4. The number of nitrogens with one attached hydrogen (secondary N) is 2. The van der Waals surface area contributed by atoms with E-state index in [1.54, 1.807) is 53.5 Å². The number of hydrogen-bond acceptors (Lipinski definition) is 5. The smallest absolute Gasteiger partial charge is 0.257 e. The molecule has 0 spiro atoms. The van der Waals surface area contributed by atoms with Crippen molar-refractivity contribution in [2.24, 2.45) is 5.92 Å². The van der Waals surface area contributed by atoms with Crippen molar-refractivity contribution >= 4 is 29.0 Å². The van der Waals surface area contributed by atoms with E-state index in [0.29, 0.717) is 34.2 Å². The molecular formula is C24H21N5O3. The molecule has 8 nitrogen and oxygen atoms in total. The predicted octanol–water partition coefficient (Wildman–Crippen LogP) is 4.43. The highest BCUT2D eigenvalue weighted by atomic mass is 16.5. The summed E-state index contributed by atoms with van der Waals surface area (Å²) in [5.41, 5.74) is 2.70. The van der Waals surface area contributed by atoms with E-state index in [1.165, 1.54) is 0 Å². The van der Waals surface area contributed by atoms with Crippen LogP contribution in [0.25, 0.3) is 5.65 Å². The Labute approximate surface area is 184 Å². The number of fused-ring (bicyclic) bond motifs is 1. The Hall–Kier alpha value is -4.20. The molecule has 4 aromatic rings. The number of imidazole rings is 1. The van der Waals surface area contributed by atoms with Crippen LogP contribution in [0.3, 0.4) is 0 Å². The fourth-order valence-corrected chi connectivity index (χ4v) is 3.34. The van der Waals surface area contributed by atoms with E-state index in [0.717, 1.165) is 18.4 Å². The maximum absolute atomic E-state index is 12.5. The molecule has 0 bridgehead atoms. The molecule has 3 aromatic heterocycles. The van der Waals surface area contributed by atoms with Gasteiger partial charge in [0.25, 0.3) is 5.91 Å². The maximum atomic E-state index is 12.5. The second kappa shape index (κ2) is 8.14. The van der Waals surface area contributed by atoms with Crippen LogP contribution in [0.5, 0.6) is 11.5 Å². The normalized spacial score (nSPS) is 13.0. The number of hydrogen-bond donors (Lipinski definition) is 2. The molecule has 0 atom stereocenters. The third kappa shape index (κ3) is 4.29. The Morgan fingerprint density at radius 1 is 1.06 bits per heavy atom. The SMILES string of the molecule is Cc1ccncc1C(=O)Nc1cccc(Oc2ccc3nc(NC(=O)C4CC4)cn3c2)c1. The molecule has 160 valence electrons. The number of carbonyl (C=O) groups is 2. The van der Waals surface area contributed by atoms with Crippen molar-refractivity contribution in [1.82, 2.24) is 14.4 Å². The highest BCUT2D eigenvalue weighted by Crippen LogP contribution is 2.30. The lowest BCUT2D eigenvalue weighted by Gasteiger charge is -2.10. The van der Waals surface area contributed by atoms with Crippen molar-refractivity contribution in [3.63, 3.8) is 0 Å². The van der Waals surface area contributed by atoms with Crippen LogP contribution in [0.1, 0.15) is 28.8 Å². The van der Waals surface area contributed by atoms with Gasteiger partial charge in [-0.3, -0.25) is 14.6 Å². The summed E-state index contributed by atoms with van der Waals surface area (Å²) in [4.78, 5) is 32.9. The number of nitrogens with zero attached hydrogens (tertiary/aromatic N) is 3. The van der Waals surface area contributed by atoms with Gasteiger partial charge in [-0.1, -0.05) is 6.07 Å². The highest BCUT2D eigenvalue weighted by molar-refractivity contribution is 6.05. The summed E-state index contributed by atoms with van der Waals surface area (Å²) >= 11 is 0. The maximum Gasteiger partial charge on any atom is 0.257 e. The van der Waals surface area contributed by atoms with Crippen LogP contribution >= 0.6 is 0 Å². The first-order valence-corrected chi connectivity index (χ1v) is 10.3. The van der Waals surface area contributed by atoms with Crippen LogP contribution in [0, 0.1) is 12.8 Å². The van der Waals surface area contributed by atoms with Gasteiger partial charge in [-0.25, -0.2) is 4.98 Å². The first kappa shape index (κ1) is 19.7. The molecule has 0 unspecified atom stereocenters. The van der Waals surface area contributed by atoms with Gasteiger partial charge in [0.1, 0.15) is 17.1 Å². The fourth-order valence-electron chi connectivity index (χ4n) is 3.34. The van der Waals surface area contributed by atoms with Crippen molar-refractivity contribution in [3.8, 4) is 11.5 Å². The van der Waals surface area contributed by atoms with Gasteiger partial charge in [0, 0.05) is 30.1 Å². The summed E-state index contributed by atoms with van der Waals surface area (Å²) < 4.78 is 7.78. The lowest BCUT2D eigenvalue weighted by Crippen LogP contribution is -2.13. The second-order valence-electron chi connectivity index (χ2n) is 7.79. The standard InChI is InChI=1S/C24H21N5O3/c1-15-9-10-25-12-20(15)24(31)26-17-3-2-4-18(11-17)32-19-7-8-22-27-21(14-29(22)13-19)28-23(30)16-5-6-16/h2-4,7-14,16H,5-6H2,1H3,(H,26,31)(H,28,30). The molecular weight excluding hydrogens is 406 g/mol. The van der Waals surface area contributed by atoms with E-state index in [4.69, 9.17) is 4.74 Å². The minimum atomic E-state index is -0.228. The number of amides is 2. The highest BCUT2D eigenvalue weighted by Gasteiger charge is 2.30. The first-order valence-electron chi connectivity index (χ1n) is 10.3. The molecule has 8 heteroatoms. The van der Waals surface area contributed by atoms with E-state index in [1.807, 2.05) is 25.1 Å². The minimum Gasteiger partial charge on any atom is -0.456 e. The number of aryl methyl sites for hydroxylation is 1. The molecule has 1 saturated carbocycles. The summed E-state index contributed by atoms with van der Waals surface area (Å²) in [6, 6.07) is 12.6.